The third kappa shape index (κ3) is 2.24. The molecule has 0 saturated heterocycles. The van der Waals surface area contributed by atoms with Gasteiger partial charge in [-0.05, 0) is 23.3 Å². The van der Waals surface area contributed by atoms with E-state index in [0.717, 1.165) is 21.9 Å². The van der Waals surface area contributed by atoms with Crippen LogP contribution >= 0.6 is 15.9 Å². The van der Waals surface area contributed by atoms with Gasteiger partial charge in [0, 0.05) is 4.47 Å². The zero-order valence-electron chi connectivity index (χ0n) is 10.0. The van der Waals surface area contributed by atoms with Gasteiger partial charge in [-0.3, -0.25) is 0 Å². The molecule has 3 nitrogen and oxygen atoms in total. The minimum atomic E-state index is -0.315. The highest BCUT2D eigenvalue weighted by Crippen LogP contribution is 2.40. The van der Waals surface area contributed by atoms with E-state index in [4.69, 9.17) is 9.47 Å². The van der Waals surface area contributed by atoms with Crippen molar-refractivity contribution in [2.45, 2.75) is 5.92 Å². The molecule has 0 fully saturated rings. The Morgan fingerprint density at radius 2 is 1.79 bits per heavy atom. The molecule has 0 aliphatic carbocycles. The number of hydrogen-bond donors (Lipinski definition) is 0. The predicted octanol–water partition coefficient (Wildman–Crippen LogP) is 3.51. The molecule has 0 amide bonds. The summed E-state index contributed by atoms with van der Waals surface area (Å²) in [5.74, 6) is 1.07. The molecule has 1 heterocycles. The molecule has 1 aliphatic heterocycles. The van der Waals surface area contributed by atoms with Crippen molar-refractivity contribution < 1.29 is 14.3 Å². The zero-order valence-corrected chi connectivity index (χ0v) is 11.6. The fourth-order valence-corrected chi connectivity index (χ4v) is 2.73. The van der Waals surface area contributed by atoms with Gasteiger partial charge in [-0.15, -0.1) is 0 Å². The van der Waals surface area contributed by atoms with E-state index < -0.39 is 0 Å². The molecule has 0 N–H and O–H groups in total. The second-order valence-electron chi connectivity index (χ2n) is 4.25. The van der Waals surface area contributed by atoms with Crippen LogP contribution in [0.5, 0.6) is 11.5 Å². The van der Waals surface area contributed by atoms with Crippen LogP contribution in [0.15, 0.2) is 46.9 Å². The topological polar surface area (TPSA) is 35.5 Å². The van der Waals surface area contributed by atoms with Crippen LogP contribution < -0.4 is 9.47 Å². The molecule has 96 valence electrons. The maximum Gasteiger partial charge on any atom is 0.231 e. The van der Waals surface area contributed by atoms with Crippen LogP contribution in [0.1, 0.15) is 17.0 Å². The van der Waals surface area contributed by atoms with Gasteiger partial charge < -0.3 is 14.3 Å². The Kier molecular flexibility index (Phi) is 3.25. The normalized spacial score (nSPS) is 14.2. The number of fused-ring (bicyclic) bond motifs is 1. The third-order valence-electron chi connectivity index (χ3n) is 3.12. The van der Waals surface area contributed by atoms with Gasteiger partial charge in [0.05, 0.1) is 5.92 Å². The minimum absolute atomic E-state index is 0.225. The maximum atomic E-state index is 11.5. The lowest BCUT2D eigenvalue weighted by atomic mass is 9.92. The first-order chi connectivity index (χ1) is 9.29. The molecular weight excluding hydrogens is 308 g/mol. The average Bonchev–Trinajstić information content (AvgIpc) is 2.88. The molecule has 0 bridgehead atoms. The van der Waals surface area contributed by atoms with E-state index in [1.54, 1.807) is 0 Å². The maximum absolute atomic E-state index is 11.5. The first kappa shape index (κ1) is 12.2. The molecule has 4 heteroatoms. The lowest BCUT2D eigenvalue weighted by Crippen LogP contribution is -2.03. The second kappa shape index (κ2) is 5.05. The van der Waals surface area contributed by atoms with Gasteiger partial charge in [-0.1, -0.05) is 46.3 Å². The molecule has 3 rings (SSSR count). The SMILES string of the molecule is O=CC(c1ccccc1)c1cc2c(cc1Br)OCO2. The van der Waals surface area contributed by atoms with Crippen molar-refractivity contribution in [1.82, 2.24) is 0 Å². The van der Waals surface area contributed by atoms with Crippen molar-refractivity contribution in [3.63, 3.8) is 0 Å². The molecule has 2 aromatic rings. The van der Waals surface area contributed by atoms with Gasteiger partial charge in [-0.25, -0.2) is 0 Å². The summed E-state index contributed by atoms with van der Waals surface area (Å²) in [4.78, 5) is 11.5. The van der Waals surface area contributed by atoms with Crippen molar-refractivity contribution in [3.05, 3.63) is 58.1 Å². The fraction of sp³-hybridized carbons (Fsp3) is 0.133. The Balaban J connectivity index is 2.07. The highest BCUT2D eigenvalue weighted by Gasteiger charge is 2.22. The van der Waals surface area contributed by atoms with Crippen molar-refractivity contribution in [2.75, 3.05) is 6.79 Å². The quantitative estimate of drug-likeness (QED) is 0.812. The largest absolute Gasteiger partial charge is 0.454 e. The summed E-state index contributed by atoms with van der Waals surface area (Å²) < 4.78 is 11.5. The molecule has 0 saturated carbocycles. The van der Waals surface area contributed by atoms with Crippen LogP contribution in [0.2, 0.25) is 0 Å². The first-order valence-electron chi connectivity index (χ1n) is 5.89. The molecule has 1 aliphatic rings. The highest BCUT2D eigenvalue weighted by molar-refractivity contribution is 9.10. The summed E-state index contributed by atoms with van der Waals surface area (Å²) in [5, 5.41) is 0. The van der Waals surface area contributed by atoms with Gasteiger partial charge in [0.25, 0.3) is 0 Å². The lowest BCUT2D eigenvalue weighted by molar-refractivity contribution is -0.108. The number of ether oxygens (including phenoxy) is 2. The van der Waals surface area contributed by atoms with Gasteiger partial charge in [0.1, 0.15) is 6.29 Å². The Hall–Kier alpha value is -1.81. The zero-order chi connectivity index (χ0) is 13.2. The Morgan fingerprint density at radius 3 is 2.47 bits per heavy atom. The molecule has 0 radical (unpaired) electrons. The predicted molar refractivity (Wildman–Crippen MR) is 74.6 cm³/mol. The molecule has 0 aromatic heterocycles. The summed E-state index contributed by atoms with van der Waals surface area (Å²) >= 11 is 3.49. The third-order valence-corrected chi connectivity index (χ3v) is 3.81. The number of benzene rings is 2. The van der Waals surface area contributed by atoms with E-state index in [2.05, 4.69) is 15.9 Å². The first-order valence-corrected chi connectivity index (χ1v) is 6.68. The smallest absolute Gasteiger partial charge is 0.231 e. The molecular formula is C15H11BrO3. The molecule has 1 atom stereocenters. The van der Waals surface area contributed by atoms with Crippen LogP contribution in [-0.4, -0.2) is 13.1 Å². The number of halogens is 1. The summed E-state index contributed by atoms with van der Waals surface area (Å²) in [6.07, 6.45) is 0.942. The Bertz CT molecular complexity index is 610. The number of carbonyl (C=O) groups excluding carboxylic acids is 1. The average molecular weight is 319 g/mol. The van der Waals surface area contributed by atoms with Crippen LogP contribution in [0.25, 0.3) is 0 Å². The Labute approximate surface area is 119 Å². The van der Waals surface area contributed by atoms with Crippen LogP contribution in [0, 0.1) is 0 Å². The van der Waals surface area contributed by atoms with Crippen LogP contribution in [-0.2, 0) is 4.79 Å². The molecule has 1 unspecified atom stereocenters. The van der Waals surface area contributed by atoms with Crippen molar-refractivity contribution in [2.24, 2.45) is 0 Å². The highest BCUT2D eigenvalue weighted by atomic mass is 79.9. The van der Waals surface area contributed by atoms with Crippen molar-refractivity contribution >= 4 is 22.2 Å². The van der Waals surface area contributed by atoms with Gasteiger partial charge >= 0.3 is 0 Å². The number of carbonyl (C=O) groups is 1. The molecule has 19 heavy (non-hydrogen) atoms. The van der Waals surface area contributed by atoms with E-state index in [-0.39, 0.29) is 12.7 Å². The van der Waals surface area contributed by atoms with E-state index in [0.29, 0.717) is 11.5 Å². The van der Waals surface area contributed by atoms with Gasteiger partial charge in [0.2, 0.25) is 6.79 Å². The number of aldehydes is 1. The summed E-state index contributed by atoms with van der Waals surface area (Å²) in [7, 11) is 0. The van der Waals surface area contributed by atoms with Crippen LogP contribution in [0.3, 0.4) is 0 Å². The summed E-state index contributed by atoms with van der Waals surface area (Å²) in [6.45, 7) is 0.225. The lowest BCUT2D eigenvalue weighted by Gasteiger charge is -2.14. The standard InChI is InChI=1S/C15H11BrO3/c16-13-7-15-14(18-9-19-15)6-11(13)12(8-17)10-4-2-1-3-5-10/h1-8,12H,9H2. The van der Waals surface area contributed by atoms with E-state index in [1.807, 2.05) is 42.5 Å². The van der Waals surface area contributed by atoms with Crippen LogP contribution in [0.4, 0.5) is 0 Å². The van der Waals surface area contributed by atoms with Gasteiger partial charge in [-0.2, -0.15) is 0 Å². The minimum Gasteiger partial charge on any atom is -0.454 e. The van der Waals surface area contributed by atoms with E-state index in [1.165, 1.54) is 0 Å². The monoisotopic (exact) mass is 318 g/mol. The number of rotatable bonds is 3. The Morgan fingerprint density at radius 1 is 1.11 bits per heavy atom. The molecule has 0 spiro atoms. The summed E-state index contributed by atoms with van der Waals surface area (Å²) in [5.41, 5.74) is 1.84. The number of hydrogen-bond acceptors (Lipinski definition) is 3. The fourth-order valence-electron chi connectivity index (χ4n) is 2.16. The summed E-state index contributed by atoms with van der Waals surface area (Å²) in [6, 6.07) is 13.4. The van der Waals surface area contributed by atoms with Gasteiger partial charge in [0.15, 0.2) is 11.5 Å². The van der Waals surface area contributed by atoms with E-state index >= 15 is 0 Å². The van der Waals surface area contributed by atoms with Crippen molar-refractivity contribution in [1.29, 1.82) is 0 Å². The van der Waals surface area contributed by atoms with Crippen molar-refractivity contribution in [3.8, 4) is 11.5 Å². The second-order valence-corrected chi connectivity index (χ2v) is 5.11. The molecule has 2 aromatic carbocycles. The van der Waals surface area contributed by atoms with E-state index in [9.17, 15) is 4.79 Å².